The van der Waals surface area contributed by atoms with E-state index in [0.717, 1.165) is 24.3 Å². The summed E-state index contributed by atoms with van der Waals surface area (Å²) in [4.78, 5) is 12.1. The first-order valence-electron chi connectivity index (χ1n) is 6.92. The third-order valence-corrected chi connectivity index (χ3v) is 3.56. The maximum absolute atomic E-state index is 12.1. The first-order valence-corrected chi connectivity index (χ1v) is 6.92. The third-order valence-electron chi connectivity index (χ3n) is 3.56. The minimum absolute atomic E-state index is 0.0402. The van der Waals surface area contributed by atoms with Gasteiger partial charge in [-0.15, -0.1) is 0 Å². The van der Waals surface area contributed by atoms with Crippen molar-refractivity contribution in [3.05, 3.63) is 29.8 Å². The molecule has 1 amide bonds. The number of hydrogen-bond acceptors (Lipinski definition) is 2. The number of carbonyl (C=O) groups excluding carboxylic acids is 1. The topological polar surface area (TPSA) is 41.1 Å². The molecule has 0 saturated heterocycles. The monoisotopic (exact) mass is 246 g/mol. The first kappa shape index (κ1) is 12.9. The Hall–Kier alpha value is -1.51. The van der Waals surface area contributed by atoms with Gasteiger partial charge in [-0.3, -0.25) is 4.79 Å². The maximum Gasteiger partial charge on any atom is 0.253 e. The van der Waals surface area contributed by atoms with Crippen molar-refractivity contribution in [1.82, 2.24) is 5.32 Å². The van der Waals surface area contributed by atoms with Gasteiger partial charge in [0.1, 0.15) is 0 Å². The summed E-state index contributed by atoms with van der Waals surface area (Å²) >= 11 is 0. The normalized spacial score (nSPS) is 15.6. The molecule has 0 aromatic heterocycles. The summed E-state index contributed by atoms with van der Waals surface area (Å²) < 4.78 is 0. The molecule has 2 rings (SSSR count). The highest BCUT2D eigenvalue weighted by atomic mass is 16.1. The molecule has 1 aromatic carbocycles. The number of carbonyl (C=O) groups is 1. The Morgan fingerprint density at radius 2 is 2.00 bits per heavy atom. The van der Waals surface area contributed by atoms with Crippen LogP contribution in [0, 0.1) is 5.92 Å². The summed E-state index contributed by atoms with van der Waals surface area (Å²) in [5, 5.41) is 6.28. The standard InChI is InChI=1S/C15H22N2O/c1-2-16-14-10-6-5-9-13(14)15(18)17-11-12-7-3-4-8-12/h5-6,9-10,12,16H,2-4,7-8,11H2,1H3,(H,17,18). The highest BCUT2D eigenvalue weighted by molar-refractivity contribution is 5.99. The Labute approximate surface area is 109 Å². The van der Waals surface area contributed by atoms with E-state index in [1.165, 1.54) is 25.7 Å². The minimum Gasteiger partial charge on any atom is -0.385 e. The molecule has 98 valence electrons. The summed E-state index contributed by atoms with van der Waals surface area (Å²) in [6, 6.07) is 7.69. The molecule has 18 heavy (non-hydrogen) atoms. The number of anilines is 1. The molecule has 0 spiro atoms. The molecule has 1 fully saturated rings. The van der Waals surface area contributed by atoms with Gasteiger partial charge in [0.15, 0.2) is 0 Å². The number of hydrogen-bond donors (Lipinski definition) is 2. The van der Waals surface area contributed by atoms with Crippen molar-refractivity contribution in [2.75, 3.05) is 18.4 Å². The first-order chi connectivity index (χ1) is 8.81. The average molecular weight is 246 g/mol. The van der Waals surface area contributed by atoms with Crippen LogP contribution in [0.15, 0.2) is 24.3 Å². The van der Waals surface area contributed by atoms with Crippen molar-refractivity contribution >= 4 is 11.6 Å². The van der Waals surface area contributed by atoms with Gasteiger partial charge in [0.25, 0.3) is 5.91 Å². The Balaban J connectivity index is 1.94. The van der Waals surface area contributed by atoms with Gasteiger partial charge in [-0.05, 0) is 37.8 Å². The van der Waals surface area contributed by atoms with Gasteiger partial charge in [-0.1, -0.05) is 25.0 Å². The van der Waals surface area contributed by atoms with Crippen LogP contribution in [0.3, 0.4) is 0 Å². The summed E-state index contributed by atoms with van der Waals surface area (Å²) in [5.74, 6) is 0.721. The average Bonchev–Trinajstić information content (AvgIpc) is 2.90. The quantitative estimate of drug-likeness (QED) is 0.838. The summed E-state index contributed by atoms with van der Waals surface area (Å²) in [7, 11) is 0. The van der Waals surface area contributed by atoms with E-state index in [-0.39, 0.29) is 5.91 Å². The molecule has 0 unspecified atom stereocenters. The zero-order valence-corrected chi connectivity index (χ0v) is 11.0. The van der Waals surface area contributed by atoms with E-state index in [4.69, 9.17) is 0 Å². The SMILES string of the molecule is CCNc1ccccc1C(=O)NCC1CCCC1. The minimum atomic E-state index is 0.0402. The van der Waals surface area contributed by atoms with Gasteiger partial charge in [0.2, 0.25) is 0 Å². The van der Waals surface area contributed by atoms with Crippen LogP contribution in [0.5, 0.6) is 0 Å². The van der Waals surface area contributed by atoms with Crippen LogP contribution in [0.2, 0.25) is 0 Å². The second-order valence-electron chi connectivity index (χ2n) is 4.94. The zero-order valence-electron chi connectivity index (χ0n) is 11.0. The molecule has 0 atom stereocenters. The molecule has 1 aromatic rings. The number of amides is 1. The molecule has 3 nitrogen and oxygen atoms in total. The molecular weight excluding hydrogens is 224 g/mol. The van der Waals surface area contributed by atoms with Crippen molar-refractivity contribution in [3.8, 4) is 0 Å². The largest absolute Gasteiger partial charge is 0.385 e. The highest BCUT2D eigenvalue weighted by Crippen LogP contribution is 2.24. The van der Waals surface area contributed by atoms with E-state index in [2.05, 4.69) is 10.6 Å². The summed E-state index contributed by atoms with van der Waals surface area (Å²) in [6.07, 6.45) is 5.15. The molecule has 0 radical (unpaired) electrons. The van der Waals surface area contributed by atoms with Crippen LogP contribution in [-0.2, 0) is 0 Å². The van der Waals surface area contributed by atoms with Crippen molar-refractivity contribution in [1.29, 1.82) is 0 Å². The molecule has 1 aliphatic rings. The van der Waals surface area contributed by atoms with Crippen molar-refractivity contribution in [2.24, 2.45) is 5.92 Å². The molecule has 0 aliphatic heterocycles. The third kappa shape index (κ3) is 3.25. The fraction of sp³-hybridized carbons (Fsp3) is 0.533. The van der Waals surface area contributed by atoms with E-state index in [0.29, 0.717) is 5.92 Å². The Morgan fingerprint density at radius 3 is 2.72 bits per heavy atom. The van der Waals surface area contributed by atoms with Gasteiger partial charge in [-0.25, -0.2) is 0 Å². The van der Waals surface area contributed by atoms with E-state index >= 15 is 0 Å². The van der Waals surface area contributed by atoms with E-state index in [1.807, 2.05) is 31.2 Å². The number of para-hydroxylation sites is 1. The van der Waals surface area contributed by atoms with Crippen LogP contribution < -0.4 is 10.6 Å². The lowest BCUT2D eigenvalue weighted by Gasteiger charge is -2.13. The molecule has 0 heterocycles. The van der Waals surface area contributed by atoms with Crippen molar-refractivity contribution in [2.45, 2.75) is 32.6 Å². The van der Waals surface area contributed by atoms with E-state index in [9.17, 15) is 4.79 Å². The fourth-order valence-corrected chi connectivity index (χ4v) is 2.57. The predicted octanol–water partition coefficient (Wildman–Crippen LogP) is 3.04. The molecule has 0 bridgehead atoms. The lowest BCUT2D eigenvalue weighted by Crippen LogP contribution is -2.29. The Bertz CT molecular complexity index is 397. The van der Waals surface area contributed by atoms with Crippen molar-refractivity contribution < 1.29 is 4.79 Å². The van der Waals surface area contributed by atoms with E-state index in [1.54, 1.807) is 0 Å². The maximum atomic E-state index is 12.1. The van der Waals surface area contributed by atoms with Crippen LogP contribution in [0.25, 0.3) is 0 Å². The van der Waals surface area contributed by atoms with Crippen LogP contribution in [0.4, 0.5) is 5.69 Å². The van der Waals surface area contributed by atoms with Gasteiger partial charge in [0.05, 0.1) is 5.56 Å². The van der Waals surface area contributed by atoms with Gasteiger partial charge in [0, 0.05) is 18.8 Å². The Kier molecular flexibility index (Phi) is 4.62. The van der Waals surface area contributed by atoms with Gasteiger partial charge < -0.3 is 10.6 Å². The van der Waals surface area contributed by atoms with Crippen LogP contribution >= 0.6 is 0 Å². The molecular formula is C15H22N2O. The van der Waals surface area contributed by atoms with E-state index < -0.39 is 0 Å². The lowest BCUT2D eigenvalue weighted by molar-refractivity contribution is 0.0948. The molecule has 1 aliphatic carbocycles. The summed E-state index contributed by atoms with van der Waals surface area (Å²) in [6.45, 7) is 3.68. The smallest absolute Gasteiger partial charge is 0.253 e. The zero-order chi connectivity index (χ0) is 12.8. The molecule has 1 saturated carbocycles. The number of rotatable bonds is 5. The Morgan fingerprint density at radius 1 is 1.28 bits per heavy atom. The van der Waals surface area contributed by atoms with Gasteiger partial charge in [-0.2, -0.15) is 0 Å². The molecule has 3 heteroatoms. The van der Waals surface area contributed by atoms with Crippen LogP contribution in [-0.4, -0.2) is 19.0 Å². The number of benzene rings is 1. The second-order valence-corrected chi connectivity index (χ2v) is 4.94. The highest BCUT2D eigenvalue weighted by Gasteiger charge is 2.17. The van der Waals surface area contributed by atoms with Crippen LogP contribution in [0.1, 0.15) is 43.0 Å². The number of nitrogens with one attached hydrogen (secondary N) is 2. The lowest BCUT2D eigenvalue weighted by atomic mass is 10.1. The fourth-order valence-electron chi connectivity index (χ4n) is 2.57. The molecule has 2 N–H and O–H groups in total. The van der Waals surface area contributed by atoms with Crippen molar-refractivity contribution in [3.63, 3.8) is 0 Å². The second kappa shape index (κ2) is 6.43. The van der Waals surface area contributed by atoms with Gasteiger partial charge >= 0.3 is 0 Å². The summed E-state index contributed by atoms with van der Waals surface area (Å²) in [5.41, 5.74) is 1.67. The predicted molar refractivity (Wildman–Crippen MR) is 74.9 cm³/mol.